The third-order valence-corrected chi connectivity index (χ3v) is 11.9. The zero-order valence-corrected chi connectivity index (χ0v) is 41.7. The van der Waals surface area contributed by atoms with Crippen LogP contribution in [-0.4, -0.2) is 9.55 Å². The van der Waals surface area contributed by atoms with E-state index in [0.29, 0.717) is 11.5 Å². The molecule has 6 heteroatoms. The van der Waals surface area contributed by atoms with Crippen molar-refractivity contribution >= 4 is 44.6 Å². The van der Waals surface area contributed by atoms with Gasteiger partial charge >= 0.3 is 0 Å². The summed E-state index contributed by atoms with van der Waals surface area (Å²) in [4.78, 5) is 6.88. The average Bonchev–Trinajstić information content (AvgIpc) is 3.55. The van der Waals surface area contributed by atoms with Crippen LogP contribution in [0.5, 0.6) is 11.5 Å². The minimum absolute atomic E-state index is 0. The van der Waals surface area contributed by atoms with E-state index in [1.54, 1.807) is 0 Å². The Morgan fingerprint density at radius 1 is 0.562 bits per heavy atom. The predicted octanol–water partition coefficient (Wildman–Crippen LogP) is 16.1. The summed E-state index contributed by atoms with van der Waals surface area (Å²) in [7, 11) is 4.62. The number of nitrogens with zero attached hydrogens (tertiary/aromatic N) is 3. The van der Waals surface area contributed by atoms with Gasteiger partial charge in [0.05, 0.1) is 5.69 Å². The molecule has 6 aromatic carbocycles. The standard InChI is InChI=1S/C58H61N4O.Pt/c1-55(2,3)40-27-28-59-54(35-40)62-51-26-23-39(38-19-15-14-16-20-38)29-49(51)48-25-24-46(37-53(48)62)63-47-34-43(58(10,11)12)33-45(36-47)61(13)52-22-18-17-21-50(52)60-44-31-41(56(4,5)6)30-42(32-44)57(7,8)9;/h14-35,60H,13H2,1-12H3;/q-3;. The number of pyridine rings is 1. The summed E-state index contributed by atoms with van der Waals surface area (Å²) in [5, 5.41) is 5.98. The van der Waals surface area contributed by atoms with Gasteiger partial charge in [-0.3, -0.25) is 7.05 Å². The van der Waals surface area contributed by atoms with Gasteiger partial charge in [0.25, 0.3) is 0 Å². The molecule has 5 nitrogen and oxygen atoms in total. The van der Waals surface area contributed by atoms with Gasteiger partial charge in [0.15, 0.2) is 0 Å². The molecule has 0 spiro atoms. The first-order chi connectivity index (χ1) is 29.6. The first-order valence-corrected chi connectivity index (χ1v) is 22.0. The largest absolute Gasteiger partial charge is 0.516 e. The number of ether oxygens (including phenoxy) is 1. The fraction of sp³-hybridized carbons (Fsp3) is 0.276. The maximum Gasteiger partial charge on any atom is 0.135 e. The number of hydrogen-bond donors (Lipinski definition) is 1. The summed E-state index contributed by atoms with van der Waals surface area (Å²) in [5.74, 6) is 2.01. The van der Waals surface area contributed by atoms with Crippen molar-refractivity contribution in [2.45, 2.75) is 105 Å². The molecule has 0 radical (unpaired) electrons. The Kier molecular flexibility index (Phi) is 12.6. The number of nitrogens with one attached hydrogen (secondary N) is 1. The molecule has 64 heavy (non-hydrogen) atoms. The Labute approximate surface area is 396 Å². The van der Waals surface area contributed by atoms with Gasteiger partial charge in [0, 0.05) is 55.7 Å². The molecular weight excluding hydrogens is 964 g/mol. The van der Waals surface area contributed by atoms with Crippen molar-refractivity contribution in [1.82, 2.24) is 9.55 Å². The molecule has 332 valence electrons. The van der Waals surface area contributed by atoms with Crippen molar-refractivity contribution in [2.75, 3.05) is 10.2 Å². The van der Waals surface area contributed by atoms with Crippen LogP contribution in [-0.2, 0) is 42.7 Å². The molecule has 8 aromatic rings. The van der Waals surface area contributed by atoms with Gasteiger partial charge in [-0.2, -0.15) is 6.07 Å². The maximum atomic E-state index is 6.81. The van der Waals surface area contributed by atoms with Crippen molar-refractivity contribution in [3.63, 3.8) is 0 Å². The van der Waals surface area contributed by atoms with Gasteiger partial charge < -0.3 is 19.5 Å². The molecule has 8 rings (SSSR count). The molecule has 0 saturated heterocycles. The van der Waals surface area contributed by atoms with E-state index >= 15 is 0 Å². The molecule has 0 bridgehead atoms. The monoisotopic (exact) mass is 1020 g/mol. The summed E-state index contributed by atoms with van der Waals surface area (Å²) in [6, 6.07) is 52.4. The number of anilines is 4. The molecule has 0 aliphatic rings. The van der Waals surface area contributed by atoms with Gasteiger partial charge in [0.1, 0.15) is 5.82 Å². The normalized spacial score (nSPS) is 12.3. The number of benzene rings is 6. The van der Waals surface area contributed by atoms with Crippen molar-refractivity contribution < 1.29 is 25.8 Å². The molecule has 0 amide bonds. The predicted molar refractivity (Wildman–Crippen MR) is 267 cm³/mol. The summed E-state index contributed by atoms with van der Waals surface area (Å²) in [6.07, 6.45) is 1.91. The Bertz CT molecular complexity index is 2920. The van der Waals surface area contributed by atoms with Gasteiger partial charge in [0.2, 0.25) is 0 Å². The van der Waals surface area contributed by atoms with Crippen LogP contribution in [0.4, 0.5) is 22.7 Å². The van der Waals surface area contributed by atoms with E-state index in [1.807, 2.05) is 23.2 Å². The Hall–Kier alpha value is -5.64. The van der Waals surface area contributed by atoms with Crippen LogP contribution in [0.2, 0.25) is 0 Å². The van der Waals surface area contributed by atoms with E-state index < -0.39 is 0 Å². The third kappa shape index (κ3) is 9.71. The van der Waals surface area contributed by atoms with Gasteiger partial charge in [-0.1, -0.05) is 149 Å². The van der Waals surface area contributed by atoms with E-state index in [2.05, 4.69) is 227 Å². The molecule has 0 atom stereocenters. The average molecular weight is 1030 g/mol. The molecule has 0 aliphatic heterocycles. The van der Waals surface area contributed by atoms with E-state index in [9.17, 15) is 0 Å². The van der Waals surface area contributed by atoms with Crippen LogP contribution in [0, 0.1) is 19.2 Å². The molecule has 0 unspecified atom stereocenters. The van der Waals surface area contributed by atoms with Crippen LogP contribution >= 0.6 is 0 Å². The Morgan fingerprint density at radius 3 is 1.84 bits per heavy atom. The van der Waals surface area contributed by atoms with Crippen LogP contribution in [0.3, 0.4) is 0 Å². The molecule has 2 heterocycles. The summed E-state index contributed by atoms with van der Waals surface area (Å²) in [6.45, 7) is 26.9. The minimum atomic E-state index is -0.183. The van der Waals surface area contributed by atoms with Crippen molar-refractivity contribution in [2.24, 2.45) is 0 Å². The topological polar surface area (TPSA) is 42.3 Å². The van der Waals surface area contributed by atoms with Gasteiger partial charge in [-0.15, -0.1) is 47.0 Å². The number of aromatic nitrogens is 2. The molecule has 1 N–H and O–H groups in total. The number of fused-ring (bicyclic) bond motifs is 3. The fourth-order valence-corrected chi connectivity index (χ4v) is 7.99. The Balaban J connectivity index is 0.00000612. The zero-order chi connectivity index (χ0) is 45.1. The zero-order valence-electron chi connectivity index (χ0n) is 39.5. The van der Waals surface area contributed by atoms with E-state index in [0.717, 1.165) is 61.5 Å². The molecular formula is C58H61N4OPt-3. The second kappa shape index (κ2) is 17.4. The quantitative estimate of drug-likeness (QED) is 0.154. The minimum Gasteiger partial charge on any atom is -0.516 e. The Morgan fingerprint density at radius 2 is 1.19 bits per heavy atom. The smallest absolute Gasteiger partial charge is 0.135 e. The van der Waals surface area contributed by atoms with E-state index in [-0.39, 0.29) is 42.7 Å². The fourth-order valence-electron chi connectivity index (χ4n) is 7.99. The first-order valence-electron chi connectivity index (χ1n) is 22.0. The number of hydrogen-bond acceptors (Lipinski definition) is 4. The van der Waals surface area contributed by atoms with Crippen molar-refractivity contribution in [3.05, 3.63) is 175 Å². The molecule has 2 aromatic heterocycles. The van der Waals surface area contributed by atoms with E-state index in [1.165, 1.54) is 22.3 Å². The van der Waals surface area contributed by atoms with E-state index in [4.69, 9.17) is 9.72 Å². The van der Waals surface area contributed by atoms with Crippen LogP contribution < -0.4 is 15.0 Å². The van der Waals surface area contributed by atoms with Gasteiger partial charge in [-0.05, 0) is 97.3 Å². The summed E-state index contributed by atoms with van der Waals surface area (Å²) < 4.78 is 9.02. The SMILES string of the molecule is [CH2-]N(c1[c-]c(Oc2[c-]c3c(cc2)c2cc(-c4ccccc4)ccc2n3-c2cc(C(C)(C)C)ccn2)cc(C(C)(C)C)c1)c1ccccc1Nc1cc(C(C)(C)C)cc(C(C)(C)C)c1.[Pt]. The second-order valence-electron chi connectivity index (χ2n) is 21.0. The number of para-hydroxylation sites is 2. The first kappa shape index (κ1) is 46.4. The molecule has 0 fully saturated rings. The molecule has 0 aliphatic carbocycles. The van der Waals surface area contributed by atoms with Gasteiger partial charge in [-0.25, -0.2) is 4.98 Å². The molecule has 0 saturated carbocycles. The van der Waals surface area contributed by atoms with Crippen LogP contribution in [0.15, 0.2) is 134 Å². The summed E-state index contributed by atoms with van der Waals surface area (Å²) in [5.41, 5.74) is 12.6. The van der Waals surface area contributed by atoms with Crippen molar-refractivity contribution in [3.8, 4) is 28.4 Å². The van der Waals surface area contributed by atoms with Crippen LogP contribution in [0.1, 0.15) is 105 Å². The second-order valence-corrected chi connectivity index (χ2v) is 21.0. The van der Waals surface area contributed by atoms with Crippen LogP contribution in [0.25, 0.3) is 38.8 Å². The van der Waals surface area contributed by atoms with Crippen molar-refractivity contribution in [1.29, 1.82) is 0 Å². The number of rotatable bonds is 8. The summed E-state index contributed by atoms with van der Waals surface area (Å²) >= 11 is 0. The third-order valence-electron chi connectivity index (χ3n) is 11.9. The maximum absolute atomic E-state index is 6.81.